The number of hydrogen-bond acceptors (Lipinski definition) is 3. The maximum Gasteiger partial charge on any atom is 0.189 e. The quantitative estimate of drug-likeness (QED) is 0.128. The van der Waals surface area contributed by atoms with Crippen LogP contribution < -0.4 is 9.80 Å². The van der Waals surface area contributed by atoms with Crippen molar-refractivity contribution in [3.8, 4) is 50.6 Å². The van der Waals surface area contributed by atoms with Crippen LogP contribution in [0.3, 0.4) is 0 Å². The molecule has 4 nitrogen and oxygen atoms in total. The molecule has 0 fully saturated rings. The maximum absolute atomic E-state index is 10.4. The van der Waals surface area contributed by atoms with Gasteiger partial charge >= 0.3 is 0 Å². The van der Waals surface area contributed by atoms with Gasteiger partial charge in [0.05, 0.1) is 35.6 Å². The Morgan fingerprint density at radius 3 is 1.70 bits per heavy atom. The van der Waals surface area contributed by atoms with E-state index in [1.807, 2.05) is 36.4 Å². The molecule has 2 atom stereocenters. The molecule has 2 unspecified atom stereocenters. The minimum Gasteiger partial charge on any atom is -0.330 e. The van der Waals surface area contributed by atoms with Gasteiger partial charge in [0, 0.05) is 34.1 Å². The van der Waals surface area contributed by atoms with E-state index in [1.54, 1.807) is 0 Å². The summed E-state index contributed by atoms with van der Waals surface area (Å²) in [4.78, 5) is 8.77. The summed E-state index contributed by atoms with van der Waals surface area (Å²) in [6.45, 7) is 16.9. The summed E-state index contributed by atoms with van der Waals surface area (Å²) in [7, 11) is 0. The topological polar surface area (TPSA) is 34.6 Å². The molecule has 0 bridgehead atoms. The van der Waals surface area contributed by atoms with Crippen molar-refractivity contribution in [2.24, 2.45) is 5.92 Å². The fourth-order valence-corrected chi connectivity index (χ4v) is 11.6. The molecule has 4 heteroatoms. The molecular weight excluding hydrogens is 897 g/mol. The van der Waals surface area contributed by atoms with E-state index >= 15 is 0 Å². The van der Waals surface area contributed by atoms with Crippen LogP contribution in [0.1, 0.15) is 27.8 Å². The standard InChI is InChI=1S/C70H52N4/c1-45-16-6-10-24-57(45)52-32-38-67(63(41-52)59-26-12-8-18-47(59)3)73(55-22-14-20-49(40-55)44-71)65-36-30-50-29-35-62-66(37-31-51-28-34-61(65)69(50)70(51)62)74(56-23-15-21-54(43-56)72-5)68-39-33-53(58-25-11-7-17-46(58)2)42-64(68)60-27-13-9-19-48(60)4/h6-43,65,70H,1-4H3. The van der Waals surface area contributed by atoms with Crippen molar-refractivity contribution in [3.05, 3.63) is 303 Å². The summed E-state index contributed by atoms with van der Waals surface area (Å²) in [5.41, 5.74) is 26.3. The van der Waals surface area contributed by atoms with Gasteiger partial charge in [-0.15, -0.1) is 0 Å². The minimum absolute atomic E-state index is 0.0753. The Morgan fingerprint density at radius 1 is 0.500 bits per heavy atom. The van der Waals surface area contributed by atoms with E-state index in [2.05, 4.69) is 243 Å². The zero-order valence-electron chi connectivity index (χ0n) is 41.9. The molecule has 0 radical (unpaired) electrons. The van der Waals surface area contributed by atoms with E-state index in [1.165, 1.54) is 61.2 Å². The number of anilines is 4. The molecule has 8 aromatic carbocycles. The average Bonchev–Trinajstić information content (AvgIpc) is 3.45. The van der Waals surface area contributed by atoms with E-state index in [0.29, 0.717) is 11.3 Å². The van der Waals surface area contributed by atoms with Gasteiger partial charge in [0.1, 0.15) is 0 Å². The van der Waals surface area contributed by atoms with Crippen LogP contribution in [0.25, 0.3) is 49.4 Å². The van der Waals surface area contributed by atoms with E-state index in [9.17, 15) is 5.26 Å². The number of nitriles is 1. The Hall–Kier alpha value is -9.48. The van der Waals surface area contributed by atoms with Gasteiger partial charge in [0.25, 0.3) is 0 Å². The molecule has 4 aliphatic rings. The molecule has 12 rings (SSSR count). The second-order valence-corrected chi connectivity index (χ2v) is 19.6. The lowest BCUT2D eigenvalue weighted by Crippen LogP contribution is -2.37. The number of hydrogen-bond donors (Lipinski definition) is 0. The molecule has 0 saturated heterocycles. The third-order valence-corrected chi connectivity index (χ3v) is 15.2. The lowest BCUT2D eigenvalue weighted by molar-refractivity contribution is 0.773. The van der Waals surface area contributed by atoms with Crippen molar-refractivity contribution in [1.82, 2.24) is 0 Å². The van der Waals surface area contributed by atoms with Crippen LogP contribution in [0, 0.1) is 51.5 Å². The fourth-order valence-electron chi connectivity index (χ4n) is 11.6. The lowest BCUT2D eigenvalue weighted by Gasteiger charge is -2.44. The van der Waals surface area contributed by atoms with Crippen LogP contribution in [0.4, 0.5) is 28.4 Å². The first-order valence-electron chi connectivity index (χ1n) is 25.3. The molecule has 0 N–H and O–H groups in total. The van der Waals surface area contributed by atoms with Crippen molar-refractivity contribution in [2.45, 2.75) is 33.7 Å². The number of rotatable bonds is 10. The van der Waals surface area contributed by atoms with Gasteiger partial charge in [-0.1, -0.05) is 170 Å². The smallest absolute Gasteiger partial charge is 0.189 e. The van der Waals surface area contributed by atoms with Crippen molar-refractivity contribution >= 4 is 28.4 Å². The Kier molecular flexibility index (Phi) is 11.7. The zero-order valence-corrected chi connectivity index (χ0v) is 41.9. The second kappa shape index (κ2) is 18.9. The number of aryl methyl sites for hydroxylation is 4. The molecule has 8 aromatic rings. The third kappa shape index (κ3) is 7.95. The number of nitrogens with zero attached hydrogens (tertiary/aromatic N) is 4. The van der Waals surface area contributed by atoms with Gasteiger partial charge in [0.15, 0.2) is 5.69 Å². The molecule has 0 saturated carbocycles. The van der Waals surface area contributed by atoms with Crippen molar-refractivity contribution in [1.29, 1.82) is 5.26 Å². The first-order valence-corrected chi connectivity index (χ1v) is 25.3. The van der Waals surface area contributed by atoms with Crippen LogP contribution in [0.2, 0.25) is 0 Å². The predicted octanol–water partition coefficient (Wildman–Crippen LogP) is 18.1. The number of benzene rings is 8. The van der Waals surface area contributed by atoms with Gasteiger partial charge in [-0.25, -0.2) is 4.85 Å². The summed E-state index contributed by atoms with van der Waals surface area (Å²) in [6.07, 6.45) is 18.5. The summed E-state index contributed by atoms with van der Waals surface area (Å²) in [5, 5.41) is 10.4. The van der Waals surface area contributed by atoms with Gasteiger partial charge in [0.2, 0.25) is 0 Å². The largest absolute Gasteiger partial charge is 0.330 e. The molecule has 352 valence electrons. The highest BCUT2D eigenvalue weighted by molar-refractivity contribution is 5.93. The first-order chi connectivity index (χ1) is 36.3. The normalized spacial score (nSPS) is 16.0. The van der Waals surface area contributed by atoms with Crippen molar-refractivity contribution < 1.29 is 0 Å². The van der Waals surface area contributed by atoms with Gasteiger partial charge < -0.3 is 9.80 Å². The zero-order chi connectivity index (χ0) is 50.5. The highest BCUT2D eigenvalue weighted by Gasteiger charge is 2.40. The third-order valence-electron chi connectivity index (χ3n) is 15.2. The van der Waals surface area contributed by atoms with E-state index in [-0.39, 0.29) is 12.0 Å². The monoisotopic (exact) mass is 948 g/mol. The molecule has 0 heterocycles. The second-order valence-electron chi connectivity index (χ2n) is 19.6. The van der Waals surface area contributed by atoms with E-state index in [4.69, 9.17) is 6.57 Å². The van der Waals surface area contributed by atoms with Crippen LogP contribution >= 0.6 is 0 Å². The summed E-state index contributed by atoms with van der Waals surface area (Å²) >= 11 is 0. The van der Waals surface area contributed by atoms with Gasteiger partial charge in [-0.05, 0) is 172 Å². The number of allylic oxidation sites excluding steroid dienone is 10. The molecule has 4 aliphatic carbocycles. The highest BCUT2D eigenvalue weighted by atomic mass is 15.2. The van der Waals surface area contributed by atoms with Crippen molar-refractivity contribution in [2.75, 3.05) is 9.80 Å². The molecular formula is C70H52N4. The van der Waals surface area contributed by atoms with Crippen LogP contribution in [-0.4, -0.2) is 6.04 Å². The lowest BCUT2D eigenvalue weighted by atomic mass is 9.67. The summed E-state index contributed by atoms with van der Waals surface area (Å²) in [5.74, 6) is -0.0753. The highest BCUT2D eigenvalue weighted by Crippen LogP contribution is 2.54. The SMILES string of the molecule is [C-]#[N+]c1cccc(N(C2=C3C=CC4=C5C(=CC=C(C=C2)C35)C(N(c2cccc(C#N)c2)c2ccc(-c3ccccc3C)cc2-c2ccccc2C)C=C4)c2ccc(-c3ccccc3C)cc2-c2ccccc2C)c1. The van der Waals surface area contributed by atoms with E-state index in [0.717, 1.165) is 61.8 Å². The van der Waals surface area contributed by atoms with E-state index < -0.39 is 0 Å². The Balaban J connectivity index is 1.04. The molecule has 74 heavy (non-hydrogen) atoms. The van der Waals surface area contributed by atoms with Crippen molar-refractivity contribution in [3.63, 3.8) is 0 Å². The predicted molar refractivity (Wildman–Crippen MR) is 307 cm³/mol. The molecule has 0 spiro atoms. The maximum atomic E-state index is 10.4. The Morgan fingerprint density at radius 2 is 1.08 bits per heavy atom. The Bertz CT molecular complexity index is 3950. The van der Waals surface area contributed by atoms with Crippen LogP contribution in [-0.2, 0) is 0 Å². The molecule has 0 amide bonds. The van der Waals surface area contributed by atoms with Gasteiger partial charge in [-0.3, -0.25) is 0 Å². The van der Waals surface area contributed by atoms with Crippen LogP contribution in [0.15, 0.2) is 264 Å². The molecule has 0 aliphatic heterocycles. The molecule has 0 aromatic heterocycles. The Labute approximate surface area is 435 Å². The summed E-state index contributed by atoms with van der Waals surface area (Å²) < 4.78 is 0. The summed E-state index contributed by atoms with van der Waals surface area (Å²) in [6, 6.07) is 66.5. The van der Waals surface area contributed by atoms with Crippen LogP contribution in [0.5, 0.6) is 0 Å². The minimum atomic E-state index is -0.234. The van der Waals surface area contributed by atoms with Gasteiger partial charge in [-0.2, -0.15) is 5.26 Å². The average molecular weight is 949 g/mol. The first kappa shape index (κ1) is 45.6. The fraction of sp³-hybridized carbons (Fsp3) is 0.0857.